The van der Waals surface area contributed by atoms with E-state index in [0.29, 0.717) is 19.6 Å². The molecule has 0 bridgehead atoms. The molecule has 1 aliphatic carbocycles. The highest BCUT2D eigenvalue weighted by atomic mass is 32.2. The Kier molecular flexibility index (Phi) is 3.09. The highest BCUT2D eigenvalue weighted by Gasteiger charge is 2.38. The Bertz CT molecular complexity index is 234. The van der Waals surface area contributed by atoms with Crippen LogP contribution in [0.15, 0.2) is 0 Å². The van der Waals surface area contributed by atoms with Crippen LogP contribution in [0.5, 0.6) is 0 Å². The molecule has 0 spiro atoms. The van der Waals surface area contributed by atoms with Crippen molar-refractivity contribution in [2.75, 3.05) is 19.6 Å². The van der Waals surface area contributed by atoms with Crippen LogP contribution in [0.1, 0.15) is 19.8 Å². The topological polar surface area (TPSA) is 63.4 Å². The maximum atomic E-state index is 11.6. The Hall–Kier alpha value is -0.130. The quantitative estimate of drug-likeness (QED) is 0.654. The van der Waals surface area contributed by atoms with Gasteiger partial charge in [0.1, 0.15) is 0 Å². The van der Waals surface area contributed by atoms with Crippen LogP contribution >= 0.6 is 0 Å². The Balaban J connectivity index is 2.62. The van der Waals surface area contributed by atoms with Crippen molar-refractivity contribution in [3.05, 3.63) is 0 Å². The van der Waals surface area contributed by atoms with Crippen LogP contribution in [0.2, 0.25) is 0 Å². The fourth-order valence-electron chi connectivity index (χ4n) is 1.19. The molecule has 0 radical (unpaired) electrons. The molecule has 1 rings (SSSR count). The van der Waals surface area contributed by atoms with E-state index in [1.165, 1.54) is 4.31 Å². The first-order chi connectivity index (χ1) is 5.62. The van der Waals surface area contributed by atoms with E-state index in [1.54, 1.807) is 0 Å². The molecule has 1 saturated carbocycles. The zero-order valence-corrected chi connectivity index (χ0v) is 8.18. The Morgan fingerprint density at radius 1 is 1.50 bits per heavy atom. The van der Waals surface area contributed by atoms with E-state index in [-0.39, 0.29) is 5.25 Å². The fourth-order valence-corrected chi connectivity index (χ4v) is 3.06. The molecule has 0 heterocycles. The molecule has 0 aromatic rings. The van der Waals surface area contributed by atoms with Crippen LogP contribution in [0.4, 0.5) is 0 Å². The first kappa shape index (κ1) is 9.95. The van der Waals surface area contributed by atoms with Crippen molar-refractivity contribution in [2.45, 2.75) is 25.0 Å². The largest absolute Gasteiger partial charge is 0.329 e. The molecule has 0 aromatic heterocycles. The van der Waals surface area contributed by atoms with Gasteiger partial charge in [0.15, 0.2) is 0 Å². The van der Waals surface area contributed by atoms with Crippen molar-refractivity contribution >= 4 is 10.0 Å². The number of hydrogen-bond acceptors (Lipinski definition) is 3. The highest BCUT2D eigenvalue weighted by molar-refractivity contribution is 7.90. The average molecular weight is 192 g/mol. The van der Waals surface area contributed by atoms with E-state index in [4.69, 9.17) is 5.73 Å². The molecule has 5 heteroatoms. The molecular formula is C7H16N2O2S. The van der Waals surface area contributed by atoms with Crippen molar-refractivity contribution in [1.29, 1.82) is 0 Å². The number of likely N-dealkylation sites (N-methyl/N-ethyl adjacent to an activating group) is 1. The van der Waals surface area contributed by atoms with E-state index < -0.39 is 10.0 Å². The molecule has 72 valence electrons. The maximum Gasteiger partial charge on any atom is 0.217 e. The molecule has 12 heavy (non-hydrogen) atoms. The summed E-state index contributed by atoms with van der Waals surface area (Å²) in [6, 6.07) is 0. The third-order valence-electron chi connectivity index (χ3n) is 2.04. The zero-order valence-electron chi connectivity index (χ0n) is 7.36. The normalized spacial score (nSPS) is 18.6. The first-order valence-corrected chi connectivity index (χ1v) is 5.82. The summed E-state index contributed by atoms with van der Waals surface area (Å²) >= 11 is 0. The summed E-state index contributed by atoms with van der Waals surface area (Å²) < 4.78 is 24.6. The molecule has 0 unspecified atom stereocenters. The third kappa shape index (κ3) is 1.97. The van der Waals surface area contributed by atoms with E-state index in [9.17, 15) is 8.42 Å². The van der Waals surface area contributed by atoms with Gasteiger partial charge >= 0.3 is 0 Å². The molecule has 0 amide bonds. The van der Waals surface area contributed by atoms with E-state index in [2.05, 4.69) is 0 Å². The van der Waals surface area contributed by atoms with Crippen molar-refractivity contribution in [2.24, 2.45) is 5.73 Å². The number of hydrogen-bond donors (Lipinski definition) is 1. The lowest BCUT2D eigenvalue weighted by Crippen LogP contribution is -2.37. The number of nitrogens with zero attached hydrogens (tertiary/aromatic N) is 1. The Labute approximate surface area is 73.8 Å². The lowest BCUT2D eigenvalue weighted by atomic mass is 10.6. The molecule has 1 fully saturated rings. The van der Waals surface area contributed by atoms with Gasteiger partial charge in [0.25, 0.3) is 0 Å². The molecule has 0 saturated heterocycles. The van der Waals surface area contributed by atoms with Crippen molar-refractivity contribution < 1.29 is 8.42 Å². The lowest BCUT2D eigenvalue weighted by Gasteiger charge is -2.18. The standard InChI is InChI=1S/C7H16N2O2S/c1-2-9(6-5-8)12(10,11)7-3-4-7/h7H,2-6,8H2,1H3. The van der Waals surface area contributed by atoms with Crippen LogP contribution in [-0.4, -0.2) is 37.6 Å². The molecule has 0 atom stereocenters. The molecule has 1 aliphatic rings. The first-order valence-electron chi connectivity index (χ1n) is 4.32. The zero-order chi connectivity index (χ0) is 9.19. The minimum absolute atomic E-state index is 0.107. The summed E-state index contributed by atoms with van der Waals surface area (Å²) in [5.41, 5.74) is 5.32. The predicted octanol–water partition coefficient (Wildman–Crippen LogP) is -0.241. The van der Waals surface area contributed by atoms with Crippen LogP contribution in [0.3, 0.4) is 0 Å². The summed E-state index contributed by atoms with van der Waals surface area (Å²) in [5.74, 6) is 0. The highest BCUT2D eigenvalue weighted by Crippen LogP contribution is 2.30. The lowest BCUT2D eigenvalue weighted by molar-refractivity contribution is 0.434. The summed E-state index contributed by atoms with van der Waals surface area (Å²) in [5, 5.41) is -0.107. The minimum Gasteiger partial charge on any atom is -0.329 e. The van der Waals surface area contributed by atoms with Gasteiger partial charge in [0.2, 0.25) is 10.0 Å². The molecule has 2 N–H and O–H groups in total. The van der Waals surface area contributed by atoms with Gasteiger partial charge in [-0.3, -0.25) is 0 Å². The molecule has 4 nitrogen and oxygen atoms in total. The SMILES string of the molecule is CCN(CCN)S(=O)(=O)C1CC1. The fraction of sp³-hybridized carbons (Fsp3) is 1.00. The number of nitrogens with two attached hydrogens (primary N) is 1. The summed E-state index contributed by atoms with van der Waals surface area (Å²) in [4.78, 5) is 0. The van der Waals surface area contributed by atoms with Crippen LogP contribution in [-0.2, 0) is 10.0 Å². The monoisotopic (exact) mass is 192 g/mol. The predicted molar refractivity (Wildman–Crippen MR) is 48.2 cm³/mol. The smallest absolute Gasteiger partial charge is 0.217 e. The Morgan fingerprint density at radius 2 is 2.08 bits per heavy atom. The average Bonchev–Trinajstić information content (AvgIpc) is 2.81. The number of rotatable bonds is 5. The van der Waals surface area contributed by atoms with Gasteiger partial charge in [-0.2, -0.15) is 0 Å². The van der Waals surface area contributed by atoms with Crippen LogP contribution < -0.4 is 5.73 Å². The summed E-state index contributed by atoms with van der Waals surface area (Å²) in [7, 11) is -2.99. The van der Waals surface area contributed by atoms with Crippen LogP contribution in [0, 0.1) is 0 Å². The molecule has 0 aromatic carbocycles. The van der Waals surface area contributed by atoms with Gasteiger partial charge in [-0.1, -0.05) is 6.92 Å². The van der Waals surface area contributed by atoms with Gasteiger partial charge < -0.3 is 5.73 Å². The van der Waals surface area contributed by atoms with Crippen molar-refractivity contribution in [3.63, 3.8) is 0 Å². The second-order valence-corrected chi connectivity index (χ2v) is 5.24. The third-order valence-corrected chi connectivity index (χ3v) is 4.51. The molecule has 0 aliphatic heterocycles. The van der Waals surface area contributed by atoms with E-state index in [0.717, 1.165) is 12.8 Å². The maximum absolute atomic E-state index is 11.6. The molecular weight excluding hydrogens is 176 g/mol. The summed E-state index contributed by atoms with van der Waals surface area (Å²) in [6.07, 6.45) is 1.65. The second kappa shape index (κ2) is 3.72. The van der Waals surface area contributed by atoms with Crippen molar-refractivity contribution in [1.82, 2.24) is 4.31 Å². The minimum atomic E-state index is -2.99. The van der Waals surface area contributed by atoms with Gasteiger partial charge in [0, 0.05) is 19.6 Å². The Morgan fingerprint density at radius 3 is 2.42 bits per heavy atom. The second-order valence-electron chi connectivity index (χ2n) is 3.02. The van der Waals surface area contributed by atoms with Gasteiger partial charge in [-0.25, -0.2) is 12.7 Å². The van der Waals surface area contributed by atoms with Crippen LogP contribution in [0.25, 0.3) is 0 Å². The van der Waals surface area contributed by atoms with Crippen molar-refractivity contribution in [3.8, 4) is 0 Å². The summed E-state index contributed by atoms with van der Waals surface area (Å²) in [6.45, 7) is 3.24. The van der Waals surface area contributed by atoms with Gasteiger partial charge in [-0.15, -0.1) is 0 Å². The van der Waals surface area contributed by atoms with Gasteiger partial charge in [-0.05, 0) is 12.8 Å². The number of sulfonamides is 1. The van der Waals surface area contributed by atoms with E-state index >= 15 is 0 Å². The van der Waals surface area contributed by atoms with E-state index in [1.807, 2.05) is 6.92 Å². The van der Waals surface area contributed by atoms with Gasteiger partial charge in [0.05, 0.1) is 5.25 Å².